The largest absolute Gasteiger partial charge is 0.298 e. The van der Waals surface area contributed by atoms with Crippen LogP contribution in [0.25, 0.3) is 4.91 Å². The molecule has 0 aliphatic heterocycles. The zero-order chi connectivity index (χ0) is 29.1. The highest BCUT2D eigenvalue weighted by Gasteiger charge is 2.37. The van der Waals surface area contributed by atoms with Gasteiger partial charge in [-0.25, -0.2) is 0 Å². The van der Waals surface area contributed by atoms with Crippen LogP contribution in [0.2, 0.25) is 0 Å². The summed E-state index contributed by atoms with van der Waals surface area (Å²) in [5.41, 5.74) is 4.61. The third-order valence-corrected chi connectivity index (χ3v) is 8.30. The number of fused-ring (bicyclic) bond motifs is 1. The molecule has 0 radical (unpaired) electrons. The number of thioether (sulfide) groups is 1. The molecule has 37 heavy (non-hydrogen) atoms. The second-order valence-electron chi connectivity index (χ2n) is 11.3. The van der Waals surface area contributed by atoms with E-state index in [0.29, 0.717) is 5.92 Å². The van der Waals surface area contributed by atoms with E-state index in [-0.39, 0.29) is 10.8 Å². The molecule has 216 valence electrons. The van der Waals surface area contributed by atoms with Crippen LogP contribution in [0.4, 0.5) is 0 Å². The molecule has 0 saturated carbocycles. The molecule has 0 spiro atoms. The highest BCUT2D eigenvalue weighted by Crippen LogP contribution is 2.47. The molecule has 0 unspecified atom stereocenters. The number of unbranched alkanes of at least 4 members (excludes halogenated alkanes) is 4. The van der Waals surface area contributed by atoms with Crippen molar-refractivity contribution in [1.29, 1.82) is 5.41 Å². The average molecular weight is 532 g/mol. The molecule has 0 aromatic heterocycles. The monoisotopic (exact) mass is 531 g/mol. The van der Waals surface area contributed by atoms with E-state index in [2.05, 4.69) is 80.2 Å². The van der Waals surface area contributed by atoms with Crippen LogP contribution in [0.15, 0.2) is 24.8 Å². The van der Waals surface area contributed by atoms with Gasteiger partial charge in [0.05, 0.1) is 5.04 Å². The highest BCUT2D eigenvalue weighted by molar-refractivity contribution is 8.21. The molecule has 1 N–H and O–H groups in total. The van der Waals surface area contributed by atoms with Gasteiger partial charge < -0.3 is 0 Å². The zero-order valence-corrected chi connectivity index (χ0v) is 28.0. The summed E-state index contributed by atoms with van der Waals surface area (Å²) in [6, 6.07) is 6.89. The predicted octanol–water partition coefficient (Wildman–Crippen LogP) is 13.0. The Morgan fingerprint density at radius 2 is 1.24 bits per heavy atom. The minimum Gasteiger partial charge on any atom is -0.298 e. The average Bonchev–Trinajstić information content (AvgIpc) is 2.89. The SMILES string of the molecule is C=C(SC(=N)C(CCC)CCC)c1ccc2c(c1)C(C)(C)CCC2(C)C.CC.CC.CCCCCCC. The van der Waals surface area contributed by atoms with E-state index in [4.69, 9.17) is 5.41 Å². The van der Waals surface area contributed by atoms with Gasteiger partial charge in [0, 0.05) is 10.8 Å². The van der Waals surface area contributed by atoms with Gasteiger partial charge in [-0.05, 0) is 59.3 Å². The lowest BCUT2D eigenvalue weighted by atomic mass is 9.63. The van der Waals surface area contributed by atoms with E-state index >= 15 is 0 Å². The molecule has 0 saturated heterocycles. The normalized spacial score (nSPS) is 14.6. The first-order chi connectivity index (χ1) is 17.5. The lowest BCUT2D eigenvalue weighted by Crippen LogP contribution is -2.33. The van der Waals surface area contributed by atoms with E-state index in [0.717, 1.165) is 35.6 Å². The fraction of sp³-hybridized carbons (Fsp3) is 0.743. The third kappa shape index (κ3) is 13.6. The number of hydrogen-bond acceptors (Lipinski definition) is 2. The predicted molar refractivity (Wildman–Crippen MR) is 177 cm³/mol. The molecule has 1 aliphatic carbocycles. The number of rotatable bonds is 11. The summed E-state index contributed by atoms with van der Waals surface area (Å²) in [5, 5.41) is 9.35. The van der Waals surface area contributed by atoms with E-state index < -0.39 is 0 Å². The maximum Gasteiger partial charge on any atom is 0.0720 e. The zero-order valence-electron chi connectivity index (χ0n) is 27.2. The van der Waals surface area contributed by atoms with Crippen LogP contribution >= 0.6 is 11.8 Å². The topological polar surface area (TPSA) is 23.9 Å². The van der Waals surface area contributed by atoms with Crippen molar-refractivity contribution >= 4 is 21.7 Å². The van der Waals surface area contributed by atoms with Crippen LogP contribution in [0.3, 0.4) is 0 Å². The highest BCUT2D eigenvalue weighted by atomic mass is 32.2. The summed E-state index contributed by atoms with van der Waals surface area (Å²) in [6.07, 6.45) is 14.0. The smallest absolute Gasteiger partial charge is 0.0720 e. The first kappa shape index (κ1) is 38.1. The molecule has 0 fully saturated rings. The Morgan fingerprint density at radius 3 is 1.68 bits per heavy atom. The van der Waals surface area contributed by atoms with E-state index in [1.165, 1.54) is 61.6 Å². The summed E-state index contributed by atoms with van der Waals surface area (Å²) >= 11 is 1.58. The van der Waals surface area contributed by atoms with Crippen LogP contribution in [-0.2, 0) is 10.8 Å². The van der Waals surface area contributed by atoms with Crippen molar-refractivity contribution in [3.8, 4) is 0 Å². The van der Waals surface area contributed by atoms with Crippen molar-refractivity contribution in [2.24, 2.45) is 5.92 Å². The Morgan fingerprint density at radius 1 is 0.784 bits per heavy atom. The van der Waals surface area contributed by atoms with Gasteiger partial charge in [0.1, 0.15) is 0 Å². The van der Waals surface area contributed by atoms with Crippen molar-refractivity contribution in [2.45, 2.75) is 165 Å². The molecular weight excluding hydrogens is 466 g/mol. The molecule has 1 aliphatic rings. The molecule has 0 heterocycles. The fourth-order valence-electron chi connectivity index (χ4n) is 4.82. The van der Waals surface area contributed by atoms with Crippen molar-refractivity contribution in [3.63, 3.8) is 0 Å². The molecule has 0 bridgehead atoms. The molecule has 0 atom stereocenters. The van der Waals surface area contributed by atoms with Gasteiger partial charge in [0.25, 0.3) is 0 Å². The summed E-state index contributed by atoms with van der Waals surface area (Å²) in [5.74, 6) is 0.389. The van der Waals surface area contributed by atoms with Crippen molar-refractivity contribution < 1.29 is 0 Å². The van der Waals surface area contributed by atoms with Crippen molar-refractivity contribution in [3.05, 3.63) is 41.5 Å². The Balaban J connectivity index is 0. The van der Waals surface area contributed by atoms with E-state index in [1.807, 2.05) is 27.7 Å². The lowest BCUT2D eigenvalue weighted by Gasteiger charge is -2.42. The van der Waals surface area contributed by atoms with Gasteiger partial charge in [-0.1, -0.05) is 159 Å². The van der Waals surface area contributed by atoms with Crippen molar-refractivity contribution in [2.75, 3.05) is 0 Å². The number of hydrogen-bond donors (Lipinski definition) is 1. The first-order valence-electron chi connectivity index (χ1n) is 15.6. The van der Waals surface area contributed by atoms with Gasteiger partial charge in [-0.2, -0.15) is 0 Å². The molecule has 1 aromatic carbocycles. The molecule has 1 aromatic rings. The maximum atomic E-state index is 8.56. The minimum absolute atomic E-state index is 0.215. The van der Waals surface area contributed by atoms with Crippen LogP contribution in [0, 0.1) is 11.3 Å². The van der Waals surface area contributed by atoms with Crippen LogP contribution in [0.1, 0.15) is 170 Å². The van der Waals surface area contributed by atoms with Crippen LogP contribution in [0.5, 0.6) is 0 Å². The lowest BCUT2D eigenvalue weighted by molar-refractivity contribution is 0.332. The number of benzene rings is 1. The van der Waals surface area contributed by atoms with Gasteiger partial charge >= 0.3 is 0 Å². The molecule has 0 amide bonds. The van der Waals surface area contributed by atoms with Gasteiger partial charge in [-0.15, -0.1) is 0 Å². The Hall–Kier alpha value is -1.02. The standard InChI is InChI=1S/C24H37NS.C7H16.2C2H6/c1-8-10-18(11-9-2)22(25)26-17(3)19-12-13-20-21(16-19)24(6,7)15-14-23(20,4)5;1-3-5-7-6-4-2;2*1-2/h12-13,16,18,25H,3,8-11,14-15H2,1-2,4-7H3;3-7H2,1-2H3;2*1-2H3. The Kier molecular flexibility index (Phi) is 21.5. The maximum absolute atomic E-state index is 8.56. The summed E-state index contributed by atoms with van der Waals surface area (Å²) in [4.78, 5) is 1.02. The van der Waals surface area contributed by atoms with Gasteiger partial charge in [0.15, 0.2) is 0 Å². The summed E-state index contributed by atoms with van der Waals surface area (Å²) in [6.45, 7) is 30.7. The van der Waals surface area contributed by atoms with E-state index in [1.54, 1.807) is 11.8 Å². The quantitative estimate of drug-likeness (QED) is 0.171. The molecule has 2 rings (SSSR count). The third-order valence-electron chi connectivity index (χ3n) is 7.26. The Bertz CT molecular complexity index is 734. The second kappa shape index (κ2) is 20.9. The van der Waals surface area contributed by atoms with Crippen molar-refractivity contribution in [1.82, 2.24) is 0 Å². The van der Waals surface area contributed by atoms with E-state index in [9.17, 15) is 0 Å². The minimum atomic E-state index is 0.215. The summed E-state index contributed by atoms with van der Waals surface area (Å²) < 4.78 is 0. The molecular formula is C35H65NS. The Labute approximate surface area is 238 Å². The molecule has 1 nitrogen and oxygen atoms in total. The van der Waals surface area contributed by atoms with Gasteiger partial charge in [-0.3, -0.25) is 5.41 Å². The number of nitrogens with one attached hydrogen (secondary N) is 1. The first-order valence-corrected chi connectivity index (χ1v) is 16.5. The second-order valence-corrected chi connectivity index (χ2v) is 12.4. The van der Waals surface area contributed by atoms with Crippen LogP contribution in [-0.4, -0.2) is 5.04 Å². The van der Waals surface area contributed by atoms with Gasteiger partial charge in [0.2, 0.25) is 0 Å². The summed E-state index contributed by atoms with van der Waals surface area (Å²) in [7, 11) is 0. The fourth-order valence-corrected chi connectivity index (χ4v) is 5.73. The van der Waals surface area contributed by atoms with Crippen LogP contribution < -0.4 is 0 Å². The molecule has 2 heteroatoms.